The molecule has 0 saturated carbocycles. The largest absolute Gasteiger partial charge is 0.491 e. The van der Waals surface area contributed by atoms with Crippen molar-refractivity contribution >= 4 is 11.4 Å². The van der Waals surface area contributed by atoms with E-state index in [0.717, 1.165) is 18.8 Å². The maximum atomic E-state index is 5.89. The molecule has 4 nitrogen and oxygen atoms in total. The van der Waals surface area contributed by atoms with Crippen LogP contribution in [0, 0.1) is 5.92 Å². The van der Waals surface area contributed by atoms with Gasteiger partial charge >= 0.3 is 0 Å². The fraction of sp³-hybridized carbons (Fsp3) is 0.417. The zero-order chi connectivity index (χ0) is 19.5. The zero-order valence-corrected chi connectivity index (χ0v) is 17.0. The molecule has 4 heteroatoms. The molecule has 0 amide bonds. The number of fused-ring (bicyclic) bond motifs is 3. The molecule has 2 aromatic carbocycles. The second-order valence-electron chi connectivity index (χ2n) is 7.76. The fourth-order valence-corrected chi connectivity index (χ4v) is 4.33. The van der Waals surface area contributed by atoms with E-state index in [2.05, 4.69) is 78.9 Å². The van der Waals surface area contributed by atoms with Gasteiger partial charge in [-0.1, -0.05) is 24.3 Å². The van der Waals surface area contributed by atoms with Gasteiger partial charge in [0.05, 0.1) is 12.6 Å². The lowest BCUT2D eigenvalue weighted by Gasteiger charge is -2.37. The fourth-order valence-electron chi connectivity index (χ4n) is 4.33. The summed E-state index contributed by atoms with van der Waals surface area (Å²) in [5.41, 5.74) is 5.14. The molecular formula is C24H30N2O2. The first-order chi connectivity index (χ1) is 13.7. The minimum absolute atomic E-state index is 0.327. The molecule has 0 spiro atoms. The van der Waals surface area contributed by atoms with Gasteiger partial charge in [0.15, 0.2) is 0 Å². The number of hydrogen-bond acceptors (Lipinski definition) is 4. The van der Waals surface area contributed by atoms with Crippen molar-refractivity contribution in [1.82, 2.24) is 0 Å². The van der Waals surface area contributed by atoms with Crippen LogP contribution in [-0.4, -0.2) is 33.9 Å². The second kappa shape index (κ2) is 8.27. The van der Waals surface area contributed by atoms with Gasteiger partial charge in [0.25, 0.3) is 0 Å². The molecule has 0 fully saturated rings. The van der Waals surface area contributed by atoms with Crippen LogP contribution in [-0.2, 0) is 4.74 Å². The number of ether oxygens (including phenoxy) is 2. The van der Waals surface area contributed by atoms with Crippen molar-refractivity contribution in [1.29, 1.82) is 0 Å². The van der Waals surface area contributed by atoms with E-state index in [9.17, 15) is 0 Å². The van der Waals surface area contributed by atoms with Crippen molar-refractivity contribution in [2.24, 2.45) is 5.92 Å². The molecule has 28 heavy (non-hydrogen) atoms. The van der Waals surface area contributed by atoms with Crippen molar-refractivity contribution < 1.29 is 9.47 Å². The van der Waals surface area contributed by atoms with Gasteiger partial charge in [-0.15, -0.1) is 0 Å². The Bertz CT molecular complexity index is 829. The Morgan fingerprint density at radius 1 is 1.07 bits per heavy atom. The highest BCUT2D eigenvalue weighted by Gasteiger charge is 2.38. The Morgan fingerprint density at radius 2 is 1.89 bits per heavy atom. The first kappa shape index (κ1) is 18.9. The quantitative estimate of drug-likeness (QED) is 0.543. The van der Waals surface area contributed by atoms with Crippen LogP contribution < -0.4 is 15.0 Å². The van der Waals surface area contributed by atoms with Crippen molar-refractivity contribution in [3.8, 4) is 5.75 Å². The van der Waals surface area contributed by atoms with Crippen molar-refractivity contribution in [3.05, 3.63) is 65.7 Å². The van der Waals surface area contributed by atoms with Gasteiger partial charge in [-0.3, -0.25) is 0 Å². The Labute approximate surface area is 168 Å². The summed E-state index contributed by atoms with van der Waals surface area (Å²) in [6.07, 6.45) is 5.80. The Balaban J connectivity index is 1.56. The lowest BCUT2D eigenvalue weighted by atomic mass is 9.77. The first-order valence-corrected chi connectivity index (χ1v) is 10.2. The molecule has 1 aliphatic carbocycles. The SMILES string of the molecule is CCOCCOc1ccc2c(c1)C1C=CCC1C(c1ccc(N(C)C)cc1)N2. The van der Waals surface area contributed by atoms with Gasteiger partial charge in [0, 0.05) is 38.0 Å². The number of rotatable bonds is 7. The Hall–Kier alpha value is -2.46. The van der Waals surface area contributed by atoms with Gasteiger partial charge in [-0.05, 0) is 60.7 Å². The van der Waals surface area contributed by atoms with Crippen LogP contribution in [0.15, 0.2) is 54.6 Å². The average Bonchev–Trinajstić information content (AvgIpc) is 3.21. The summed E-state index contributed by atoms with van der Waals surface area (Å²) in [5, 5.41) is 3.80. The molecule has 1 N–H and O–H groups in total. The van der Waals surface area contributed by atoms with Crippen LogP contribution in [0.4, 0.5) is 11.4 Å². The minimum Gasteiger partial charge on any atom is -0.491 e. The maximum absolute atomic E-state index is 5.89. The summed E-state index contributed by atoms with van der Waals surface area (Å²) >= 11 is 0. The number of hydrogen-bond donors (Lipinski definition) is 1. The van der Waals surface area contributed by atoms with Crippen LogP contribution in [0.5, 0.6) is 5.75 Å². The third-order valence-corrected chi connectivity index (χ3v) is 5.80. The average molecular weight is 379 g/mol. The number of benzene rings is 2. The Kier molecular flexibility index (Phi) is 5.58. The second-order valence-corrected chi connectivity index (χ2v) is 7.76. The van der Waals surface area contributed by atoms with Gasteiger partial charge in [-0.2, -0.15) is 0 Å². The first-order valence-electron chi connectivity index (χ1n) is 10.2. The molecule has 3 atom stereocenters. The van der Waals surface area contributed by atoms with E-state index in [1.54, 1.807) is 0 Å². The zero-order valence-electron chi connectivity index (χ0n) is 17.0. The molecule has 2 aromatic rings. The van der Waals surface area contributed by atoms with Crippen molar-refractivity contribution in [2.75, 3.05) is 44.1 Å². The third kappa shape index (κ3) is 3.74. The number of nitrogens with one attached hydrogen (secondary N) is 1. The van der Waals surface area contributed by atoms with Crippen LogP contribution in [0.2, 0.25) is 0 Å². The molecule has 4 rings (SSSR count). The molecule has 1 aliphatic heterocycles. The highest BCUT2D eigenvalue weighted by molar-refractivity contribution is 5.62. The Morgan fingerprint density at radius 3 is 2.64 bits per heavy atom. The van der Waals surface area contributed by atoms with Crippen LogP contribution in [0.1, 0.15) is 36.4 Å². The molecule has 0 bridgehead atoms. The summed E-state index contributed by atoms with van der Waals surface area (Å²) in [4.78, 5) is 2.14. The monoisotopic (exact) mass is 378 g/mol. The summed E-state index contributed by atoms with van der Waals surface area (Å²) in [5.74, 6) is 1.90. The van der Waals surface area contributed by atoms with Crippen LogP contribution >= 0.6 is 0 Å². The summed E-state index contributed by atoms with van der Waals surface area (Å²) in [7, 11) is 4.16. The number of anilines is 2. The minimum atomic E-state index is 0.327. The van der Waals surface area contributed by atoms with Gasteiger partial charge in [0.2, 0.25) is 0 Å². The highest BCUT2D eigenvalue weighted by Crippen LogP contribution is 2.50. The topological polar surface area (TPSA) is 33.7 Å². The molecule has 2 aliphatic rings. The maximum Gasteiger partial charge on any atom is 0.119 e. The summed E-state index contributed by atoms with van der Waals surface area (Å²) < 4.78 is 11.3. The molecule has 0 saturated heterocycles. The van der Waals surface area contributed by atoms with E-state index in [-0.39, 0.29) is 0 Å². The van der Waals surface area contributed by atoms with Crippen LogP contribution in [0.3, 0.4) is 0 Å². The highest BCUT2D eigenvalue weighted by atomic mass is 16.5. The van der Waals surface area contributed by atoms with Crippen molar-refractivity contribution in [2.45, 2.75) is 25.3 Å². The van der Waals surface area contributed by atoms with Gasteiger partial charge in [0.1, 0.15) is 12.4 Å². The van der Waals surface area contributed by atoms with Gasteiger partial charge < -0.3 is 19.7 Å². The lowest BCUT2D eigenvalue weighted by molar-refractivity contribution is 0.110. The van der Waals surface area contributed by atoms with E-state index >= 15 is 0 Å². The van der Waals surface area contributed by atoms with E-state index in [4.69, 9.17) is 9.47 Å². The van der Waals surface area contributed by atoms with E-state index in [1.807, 2.05) is 6.92 Å². The normalized spacial score (nSPS) is 22.3. The molecular weight excluding hydrogens is 348 g/mol. The molecule has 0 radical (unpaired) electrons. The molecule has 0 aromatic heterocycles. The summed E-state index contributed by atoms with van der Waals surface area (Å²) in [6, 6.07) is 15.7. The van der Waals surface area contributed by atoms with E-state index in [1.165, 1.54) is 22.5 Å². The lowest BCUT2D eigenvalue weighted by Crippen LogP contribution is -2.29. The van der Waals surface area contributed by atoms with Crippen LogP contribution in [0.25, 0.3) is 0 Å². The standard InChI is InChI=1S/C24H30N2O2/c1-4-27-14-15-28-19-12-13-23-22(16-19)20-6-5-7-21(20)24(25-23)17-8-10-18(11-9-17)26(2)3/h5-6,8-13,16,20-21,24-25H,4,7,14-15H2,1-3H3. The number of allylic oxidation sites excluding steroid dienone is 2. The smallest absolute Gasteiger partial charge is 0.119 e. The molecule has 148 valence electrons. The van der Waals surface area contributed by atoms with Crippen molar-refractivity contribution in [3.63, 3.8) is 0 Å². The van der Waals surface area contributed by atoms with E-state index in [0.29, 0.717) is 31.1 Å². The molecule has 1 heterocycles. The number of nitrogens with zero attached hydrogens (tertiary/aromatic N) is 1. The third-order valence-electron chi connectivity index (χ3n) is 5.80. The predicted molar refractivity (Wildman–Crippen MR) is 116 cm³/mol. The molecule has 3 unspecified atom stereocenters. The predicted octanol–water partition coefficient (Wildman–Crippen LogP) is 4.99. The van der Waals surface area contributed by atoms with E-state index < -0.39 is 0 Å². The van der Waals surface area contributed by atoms with Gasteiger partial charge in [-0.25, -0.2) is 0 Å². The summed E-state index contributed by atoms with van der Waals surface area (Å²) in [6.45, 7) is 3.94.